The molecule has 4 heteroatoms. The minimum atomic E-state index is -0.196. The average Bonchev–Trinajstić information content (AvgIpc) is 2.25. The third-order valence-electron chi connectivity index (χ3n) is 2.67. The molecule has 1 atom stereocenters. The van der Waals surface area contributed by atoms with Gasteiger partial charge in [-0.2, -0.15) is 0 Å². The predicted molar refractivity (Wildman–Crippen MR) is 59.6 cm³/mol. The molecule has 15 heavy (non-hydrogen) atoms. The fourth-order valence-electron chi connectivity index (χ4n) is 1.81. The van der Waals surface area contributed by atoms with E-state index in [9.17, 15) is 4.79 Å². The fourth-order valence-corrected chi connectivity index (χ4v) is 1.81. The van der Waals surface area contributed by atoms with Crippen LogP contribution in [0.1, 0.15) is 33.1 Å². The van der Waals surface area contributed by atoms with E-state index < -0.39 is 0 Å². The van der Waals surface area contributed by atoms with Gasteiger partial charge in [-0.3, -0.25) is 0 Å². The van der Waals surface area contributed by atoms with Crippen molar-refractivity contribution in [3.8, 4) is 0 Å². The highest BCUT2D eigenvalue weighted by molar-refractivity contribution is 5.68. The summed E-state index contributed by atoms with van der Waals surface area (Å²) >= 11 is 0. The zero-order valence-electron chi connectivity index (χ0n) is 9.74. The van der Waals surface area contributed by atoms with Crippen molar-refractivity contribution in [1.29, 1.82) is 0 Å². The van der Waals surface area contributed by atoms with Crippen molar-refractivity contribution in [2.45, 2.75) is 39.2 Å². The minimum absolute atomic E-state index is 0.179. The lowest BCUT2D eigenvalue weighted by Crippen LogP contribution is -2.47. The van der Waals surface area contributed by atoms with Crippen LogP contribution in [0, 0.1) is 5.92 Å². The van der Waals surface area contributed by atoms with Crippen molar-refractivity contribution in [3.63, 3.8) is 0 Å². The van der Waals surface area contributed by atoms with E-state index in [-0.39, 0.29) is 12.1 Å². The van der Waals surface area contributed by atoms with E-state index in [0.717, 1.165) is 25.8 Å². The van der Waals surface area contributed by atoms with Gasteiger partial charge in [0.05, 0.1) is 6.61 Å². The van der Waals surface area contributed by atoms with Crippen molar-refractivity contribution in [2.75, 3.05) is 19.7 Å². The number of hydrogen-bond donors (Lipinski definition) is 1. The Balaban J connectivity index is 2.41. The second-order valence-corrected chi connectivity index (χ2v) is 4.55. The maximum Gasteiger partial charge on any atom is 0.410 e. The highest BCUT2D eigenvalue weighted by atomic mass is 16.6. The molecule has 1 amide bonds. The monoisotopic (exact) mass is 214 g/mol. The Morgan fingerprint density at radius 1 is 1.53 bits per heavy atom. The standard InChI is InChI=1S/C11H22N2O2/c1-9(2)8-15-11(14)13-6-4-3-5-10(13)7-12/h9-10H,3-8,12H2,1-2H3. The van der Waals surface area contributed by atoms with Gasteiger partial charge in [-0.25, -0.2) is 4.79 Å². The van der Waals surface area contributed by atoms with Crippen LogP contribution in [0.5, 0.6) is 0 Å². The zero-order chi connectivity index (χ0) is 11.3. The lowest BCUT2D eigenvalue weighted by atomic mass is 10.0. The first-order chi connectivity index (χ1) is 7.15. The molecule has 0 bridgehead atoms. The van der Waals surface area contributed by atoms with Gasteiger partial charge in [0.15, 0.2) is 0 Å². The molecule has 0 spiro atoms. The molecule has 0 aliphatic carbocycles. The number of carbonyl (C=O) groups is 1. The Morgan fingerprint density at radius 3 is 2.87 bits per heavy atom. The first-order valence-corrected chi connectivity index (χ1v) is 5.78. The lowest BCUT2D eigenvalue weighted by molar-refractivity contribution is 0.0672. The van der Waals surface area contributed by atoms with Crippen molar-refractivity contribution in [2.24, 2.45) is 11.7 Å². The first-order valence-electron chi connectivity index (χ1n) is 5.78. The average molecular weight is 214 g/mol. The van der Waals surface area contributed by atoms with Crippen molar-refractivity contribution in [1.82, 2.24) is 4.90 Å². The Bertz CT molecular complexity index is 207. The number of rotatable bonds is 3. The molecule has 88 valence electrons. The summed E-state index contributed by atoms with van der Waals surface area (Å²) in [6.45, 7) is 5.88. The molecule has 0 radical (unpaired) electrons. The normalized spacial score (nSPS) is 21.9. The summed E-state index contributed by atoms with van der Waals surface area (Å²) < 4.78 is 5.21. The molecule has 1 heterocycles. The third-order valence-corrected chi connectivity index (χ3v) is 2.67. The van der Waals surface area contributed by atoms with Crippen molar-refractivity contribution < 1.29 is 9.53 Å². The van der Waals surface area contributed by atoms with Crippen molar-refractivity contribution in [3.05, 3.63) is 0 Å². The van der Waals surface area contributed by atoms with Crippen LogP contribution in [0.3, 0.4) is 0 Å². The topological polar surface area (TPSA) is 55.6 Å². The van der Waals surface area contributed by atoms with E-state index in [4.69, 9.17) is 10.5 Å². The first kappa shape index (κ1) is 12.3. The van der Waals surface area contributed by atoms with Crippen LogP contribution in [0.25, 0.3) is 0 Å². The maximum absolute atomic E-state index is 11.7. The number of piperidine rings is 1. The molecule has 1 saturated heterocycles. The number of carbonyl (C=O) groups excluding carboxylic acids is 1. The number of likely N-dealkylation sites (tertiary alicyclic amines) is 1. The number of nitrogens with two attached hydrogens (primary N) is 1. The van der Waals surface area contributed by atoms with Crippen LogP contribution in [-0.2, 0) is 4.74 Å². The van der Waals surface area contributed by atoms with Gasteiger partial charge in [-0.1, -0.05) is 13.8 Å². The summed E-state index contributed by atoms with van der Waals surface area (Å²) in [6.07, 6.45) is 3.04. The van der Waals surface area contributed by atoms with E-state index in [0.29, 0.717) is 19.1 Å². The third kappa shape index (κ3) is 3.70. The van der Waals surface area contributed by atoms with E-state index in [2.05, 4.69) is 0 Å². The number of amides is 1. The summed E-state index contributed by atoms with van der Waals surface area (Å²) in [7, 11) is 0. The van der Waals surface area contributed by atoms with Crippen LogP contribution in [0.2, 0.25) is 0 Å². The summed E-state index contributed by atoms with van der Waals surface area (Å²) in [4.78, 5) is 13.5. The van der Waals surface area contributed by atoms with Gasteiger partial charge in [0.25, 0.3) is 0 Å². The summed E-state index contributed by atoms with van der Waals surface area (Å²) in [6, 6.07) is 0.179. The summed E-state index contributed by atoms with van der Waals surface area (Å²) in [5.41, 5.74) is 5.64. The second-order valence-electron chi connectivity index (χ2n) is 4.55. The van der Waals surface area contributed by atoms with Gasteiger partial charge in [-0.05, 0) is 25.2 Å². The van der Waals surface area contributed by atoms with Crippen LogP contribution < -0.4 is 5.73 Å². The van der Waals surface area contributed by atoms with Crippen LogP contribution in [0.4, 0.5) is 4.79 Å². The zero-order valence-corrected chi connectivity index (χ0v) is 9.74. The predicted octanol–water partition coefficient (Wildman–Crippen LogP) is 1.59. The van der Waals surface area contributed by atoms with Gasteiger partial charge in [0.2, 0.25) is 0 Å². The molecule has 0 aromatic heterocycles. The van der Waals surface area contributed by atoms with E-state index >= 15 is 0 Å². The SMILES string of the molecule is CC(C)COC(=O)N1CCCCC1CN. The van der Waals surface area contributed by atoms with E-state index in [1.165, 1.54) is 0 Å². The second kappa shape index (κ2) is 5.95. The molecule has 1 unspecified atom stereocenters. The van der Waals surface area contributed by atoms with Crippen LogP contribution in [0.15, 0.2) is 0 Å². The largest absolute Gasteiger partial charge is 0.449 e. The van der Waals surface area contributed by atoms with Gasteiger partial charge < -0.3 is 15.4 Å². The molecular formula is C11H22N2O2. The maximum atomic E-state index is 11.7. The lowest BCUT2D eigenvalue weighted by Gasteiger charge is -2.34. The highest BCUT2D eigenvalue weighted by Crippen LogP contribution is 2.17. The molecule has 0 aromatic rings. The van der Waals surface area contributed by atoms with Crippen molar-refractivity contribution >= 4 is 6.09 Å². The minimum Gasteiger partial charge on any atom is -0.449 e. The molecule has 0 saturated carbocycles. The fraction of sp³-hybridized carbons (Fsp3) is 0.909. The van der Waals surface area contributed by atoms with Crippen LogP contribution in [-0.4, -0.2) is 36.7 Å². The number of nitrogens with zero attached hydrogens (tertiary/aromatic N) is 1. The Morgan fingerprint density at radius 2 is 2.27 bits per heavy atom. The summed E-state index contributed by atoms with van der Waals surface area (Å²) in [5, 5.41) is 0. The van der Waals surface area contributed by atoms with Gasteiger partial charge >= 0.3 is 6.09 Å². The van der Waals surface area contributed by atoms with E-state index in [1.54, 1.807) is 4.90 Å². The Labute approximate surface area is 91.8 Å². The van der Waals surface area contributed by atoms with Gasteiger partial charge in [0, 0.05) is 19.1 Å². The Kier molecular flexibility index (Phi) is 4.88. The number of hydrogen-bond acceptors (Lipinski definition) is 3. The molecule has 1 fully saturated rings. The smallest absolute Gasteiger partial charge is 0.410 e. The van der Waals surface area contributed by atoms with Gasteiger partial charge in [0.1, 0.15) is 0 Å². The quantitative estimate of drug-likeness (QED) is 0.776. The molecule has 0 aromatic carbocycles. The highest BCUT2D eigenvalue weighted by Gasteiger charge is 2.26. The molecule has 1 aliphatic rings. The van der Waals surface area contributed by atoms with Gasteiger partial charge in [-0.15, -0.1) is 0 Å². The summed E-state index contributed by atoms with van der Waals surface area (Å²) in [5.74, 6) is 0.384. The van der Waals surface area contributed by atoms with Crippen LogP contribution >= 0.6 is 0 Å². The molecule has 4 nitrogen and oxygen atoms in total. The molecular weight excluding hydrogens is 192 g/mol. The Hall–Kier alpha value is -0.770. The number of ether oxygens (including phenoxy) is 1. The molecule has 1 rings (SSSR count). The van der Waals surface area contributed by atoms with E-state index in [1.807, 2.05) is 13.8 Å². The molecule has 1 aliphatic heterocycles. The molecule has 2 N–H and O–H groups in total.